The van der Waals surface area contributed by atoms with Gasteiger partial charge in [0.2, 0.25) is 0 Å². The number of fused-ring (bicyclic) bond motifs is 1. The van der Waals surface area contributed by atoms with Gasteiger partial charge in [0, 0.05) is 11.8 Å². The zero-order chi connectivity index (χ0) is 19.7. The third-order valence-corrected chi connectivity index (χ3v) is 7.70. The summed E-state index contributed by atoms with van der Waals surface area (Å²) in [5.74, 6) is 2.30. The van der Waals surface area contributed by atoms with Gasteiger partial charge >= 0.3 is 0 Å². The van der Waals surface area contributed by atoms with E-state index >= 15 is 0 Å². The normalized spacial score (nSPS) is 22.6. The predicted molar refractivity (Wildman–Crippen MR) is 113 cm³/mol. The van der Waals surface area contributed by atoms with E-state index in [9.17, 15) is 8.42 Å². The van der Waals surface area contributed by atoms with Gasteiger partial charge in [-0.1, -0.05) is 42.1 Å². The van der Waals surface area contributed by atoms with Crippen molar-refractivity contribution in [2.24, 2.45) is 4.99 Å². The number of methoxy groups -OCH3 is 2. The first-order valence-electron chi connectivity index (χ1n) is 8.97. The van der Waals surface area contributed by atoms with Gasteiger partial charge in [-0.05, 0) is 17.7 Å². The smallest absolute Gasteiger partial charge is 0.164 e. The molecule has 0 spiro atoms. The number of hydrogen-bond acceptors (Lipinski definition) is 7. The average Bonchev–Trinajstić information content (AvgIpc) is 3.17. The molecule has 6 nitrogen and oxygen atoms in total. The number of nitrogens with zero attached hydrogens (tertiary/aromatic N) is 2. The number of thioether (sulfide) groups is 1. The van der Waals surface area contributed by atoms with E-state index in [4.69, 9.17) is 14.5 Å². The first kappa shape index (κ1) is 19.1. The average molecular weight is 419 g/mol. The van der Waals surface area contributed by atoms with E-state index in [0.29, 0.717) is 11.5 Å². The van der Waals surface area contributed by atoms with E-state index < -0.39 is 9.84 Å². The van der Waals surface area contributed by atoms with Crippen LogP contribution in [0, 0.1) is 0 Å². The van der Waals surface area contributed by atoms with Crippen LogP contribution < -0.4 is 14.4 Å². The van der Waals surface area contributed by atoms with Gasteiger partial charge < -0.3 is 14.4 Å². The van der Waals surface area contributed by atoms with E-state index in [1.165, 1.54) is 5.56 Å². The lowest BCUT2D eigenvalue weighted by Gasteiger charge is -2.28. The number of benzene rings is 2. The van der Waals surface area contributed by atoms with Crippen LogP contribution in [0.2, 0.25) is 0 Å². The van der Waals surface area contributed by atoms with Crippen molar-refractivity contribution in [2.75, 3.05) is 30.6 Å². The highest BCUT2D eigenvalue weighted by atomic mass is 32.2. The summed E-state index contributed by atoms with van der Waals surface area (Å²) in [7, 11) is 0.116. The van der Waals surface area contributed by atoms with Crippen LogP contribution in [-0.2, 0) is 15.6 Å². The minimum Gasteiger partial charge on any atom is -0.497 e. The molecule has 2 heterocycles. The molecule has 28 heavy (non-hydrogen) atoms. The zero-order valence-corrected chi connectivity index (χ0v) is 17.4. The Morgan fingerprint density at radius 2 is 1.89 bits per heavy atom. The van der Waals surface area contributed by atoms with Crippen LogP contribution in [-0.4, -0.2) is 51.4 Å². The molecule has 0 bridgehead atoms. The van der Waals surface area contributed by atoms with Crippen LogP contribution in [0.1, 0.15) is 5.56 Å². The monoisotopic (exact) mass is 418 g/mol. The maximum Gasteiger partial charge on any atom is 0.164 e. The molecular formula is C20H22N2O4S2. The Morgan fingerprint density at radius 1 is 1.11 bits per heavy atom. The Hall–Kier alpha value is -2.19. The number of ether oxygens (including phenoxy) is 2. The molecule has 2 aliphatic heterocycles. The molecule has 0 aliphatic carbocycles. The molecular weight excluding hydrogens is 396 g/mol. The topological polar surface area (TPSA) is 68.2 Å². The summed E-state index contributed by atoms with van der Waals surface area (Å²) >= 11 is 1.61. The van der Waals surface area contributed by atoms with Crippen LogP contribution >= 0.6 is 11.8 Å². The number of hydrogen-bond donors (Lipinski definition) is 0. The quantitative estimate of drug-likeness (QED) is 0.744. The number of amidine groups is 1. The fraction of sp³-hybridized carbons (Fsp3) is 0.350. The minimum atomic E-state index is -3.10. The third-order valence-electron chi connectivity index (χ3n) is 4.96. The van der Waals surface area contributed by atoms with Gasteiger partial charge in [0.15, 0.2) is 15.0 Å². The lowest BCUT2D eigenvalue weighted by molar-refractivity contribution is 0.403. The molecule has 148 valence electrons. The fourth-order valence-corrected chi connectivity index (χ4v) is 6.54. The van der Waals surface area contributed by atoms with Crippen molar-refractivity contribution in [2.45, 2.75) is 17.8 Å². The van der Waals surface area contributed by atoms with E-state index in [2.05, 4.69) is 12.1 Å². The maximum atomic E-state index is 12.2. The molecule has 2 aliphatic rings. The fourth-order valence-electron chi connectivity index (χ4n) is 3.62. The number of sulfone groups is 1. The Bertz CT molecular complexity index is 993. The summed E-state index contributed by atoms with van der Waals surface area (Å²) in [5, 5.41) is 0.820. The summed E-state index contributed by atoms with van der Waals surface area (Å²) < 4.78 is 35.4. The van der Waals surface area contributed by atoms with Crippen LogP contribution in [0.15, 0.2) is 53.5 Å². The van der Waals surface area contributed by atoms with Gasteiger partial charge in [-0.25, -0.2) is 8.42 Å². The standard InChI is InChI=1S/C20H22N2O4S2/c1-25-15-8-9-19(26-2)17(10-15)22-18-13-28(23,24)12-16(18)21-20(22)27-11-14-6-4-3-5-7-14/h3-10,16,18H,11-13H2,1-2H3/t16-,18+/m0/s1. The van der Waals surface area contributed by atoms with Gasteiger partial charge in [-0.2, -0.15) is 0 Å². The SMILES string of the molecule is COc1ccc(OC)c(N2C(SCc3ccccc3)=N[C@H]3CS(=O)(=O)C[C@H]32)c1. The second-order valence-electron chi connectivity index (χ2n) is 6.81. The van der Waals surface area contributed by atoms with Gasteiger partial charge in [0.1, 0.15) is 11.5 Å². The molecule has 4 rings (SSSR count). The summed E-state index contributed by atoms with van der Waals surface area (Å²) in [6.07, 6.45) is 0. The second-order valence-corrected chi connectivity index (χ2v) is 9.90. The molecule has 0 N–H and O–H groups in total. The summed E-state index contributed by atoms with van der Waals surface area (Å²) in [4.78, 5) is 6.80. The molecule has 2 aromatic rings. The Kier molecular flexibility index (Phi) is 5.25. The number of rotatable bonds is 5. The van der Waals surface area contributed by atoms with Crippen molar-refractivity contribution in [3.8, 4) is 11.5 Å². The van der Waals surface area contributed by atoms with Crippen molar-refractivity contribution in [3.63, 3.8) is 0 Å². The van der Waals surface area contributed by atoms with Crippen molar-refractivity contribution < 1.29 is 17.9 Å². The highest BCUT2D eigenvalue weighted by Crippen LogP contribution is 2.41. The molecule has 0 amide bonds. The van der Waals surface area contributed by atoms with Crippen molar-refractivity contribution in [1.29, 1.82) is 0 Å². The zero-order valence-electron chi connectivity index (χ0n) is 15.7. The van der Waals surface area contributed by atoms with Crippen LogP contribution in [0.4, 0.5) is 5.69 Å². The summed E-state index contributed by atoms with van der Waals surface area (Å²) in [5.41, 5.74) is 1.98. The molecule has 1 saturated heterocycles. The predicted octanol–water partition coefficient (Wildman–Crippen LogP) is 2.98. The van der Waals surface area contributed by atoms with Crippen LogP contribution in [0.25, 0.3) is 0 Å². The van der Waals surface area contributed by atoms with Gasteiger partial charge in [0.25, 0.3) is 0 Å². The molecule has 0 unspecified atom stereocenters. The first-order chi connectivity index (χ1) is 13.5. The number of aliphatic imine (C=N–C) groups is 1. The van der Waals surface area contributed by atoms with Crippen molar-refractivity contribution in [3.05, 3.63) is 54.1 Å². The lowest BCUT2D eigenvalue weighted by atomic mass is 10.1. The molecule has 0 saturated carbocycles. The van der Waals surface area contributed by atoms with E-state index in [0.717, 1.165) is 16.6 Å². The molecule has 1 fully saturated rings. The Balaban J connectivity index is 1.70. The first-order valence-corrected chi connectivity index (χ1v) is 11.8. The highest BCUT2D eigenvalue weighted by Gasteiger charge is 2.47. The molecule has 2 aromatic carbocycles. The third kappa shape index (κ3) is 3.71. The van der Waals surface area contributed by atoms with E-state index in [-0.39, 0.29) is 23.6 Å². The second kappa shape index (κ2) is 7.67. The van der Waals surface area contributed by atoms with E-state index in [1.807, 2.05) is 41.3 Å². The van der Waals surface area contributed by atoms with Crippen LogP contribution in [0.5, 0.6) is 11.5 Å². The maximum absolute atomic E-state index is 12.2. The largest absolute Gasteiger partial charge is 0.497 e. The molecule has 2 atom stereocenters. The van der Waals surface area contributed by atoms with Crippen LogP contribution in [0.3, 0.4) is 0 Å². The molecule has 0 radical (unpaired) electrons. The van der Waals surface area contributed by atoms with E-state index in [1.54, 1.807) is 26.0 Å². The van der Waals surface area contributed by atoms with Crippen molar-refractivity contribution >= 4 is 32.5 Å². The molecule has 8 heteroatoms. The van der Waals surface area contributed by atoms with Gasteiger partial charge in [0.05, 0.1) is 43.5 Å². The summed E-state index contributed by atoms with van der Waals surface area (Å²) in [6.45, 7) is 0. The van der Waals surface area contributed by atoms with Gasteiger partial charge in [-0.15, -0.1) is 0 Å². The molecule has 0 aromatic heterocycles. The Morgan fingerprint density at radius 3 is 2.61 bits per heavy atom. The number of anilines is 1. The summed E-state index contributed by atoms with van der Waals surface area (Å²) in [6, 6.07) is 15.2. The Labute approximate surface area is 169 Å². The van der Waals surface area contributed by atoms with Gasteiger partial charge in [-0.3, -0.25) is 4.99 Å². The van der Waals surface area contributed by atoms with Crippen molar-refractivity contribution in [1.82, 2.24) is 0 Å². The minimum absolute atomic E-state index is 0.0931. The highest BCUT2D eigenvalue weighted by molar-refractivity contribution is 8.13. The lowest BCUT2D eigenvalue weighted by Crippen LogP contribution is -2.39.